The molecule has 0 saturated carbocycles. The topological polar surface area (TPSA) is 187 Å². The zero-order valence-electron chi connectivity index (χ0n) is 7.84. The minimum atomic E-state index is -3.96. The van der Waals surface area contributed by atoms with Crippen molar-refractivity contribution in [3.8, 4) is 0 Å². The van der Waals surface area contributed by atoms with Gasteiger partial charge in [0, 0.05) is 0 Å². The Kier molecular flexibility index (Phi) is 3.37. The van der Waals surface area contributed by atoms with Crippen molar-refractivity contribution in [3.05, 3.63) is 15.1 Å². The molecule has 0 bridgehead atoms. The second-order valence-corrected chi connectivity index (χ2v) is 7.16. The SMILES string of the molecule is NP(N)(=O)c1[nH]c(=S)[nH]c(=O)c1P(N)(N)=O. The zero-order chi connectivity index (χ0) is 12.7. The molecule has 1 aromatic rings. The van der Waals surface area contributed by atoms with E-state index in [-0.39, 0.29) is 4.77 Å². The Morgan fingerprint density at radius 3 is 1.88 bits per heavy atom. The molecule has 10 N–H and O–H groups in total. The van der Waals surface area contributed by atoms with E-state index in [4.69, 9.17) is 22.0 Å². The molecule has 1 rings (SSSR count). The number of aromatic nitrogens is 2. The van der Waals surface area contributed by atoms with E-state index >= 15 is 0 Å². The van der Waals surface area contributed by atoms with Crippen LogP contribution in [0.15, 0.2) is 4.79 Å². The van der Waals surface area contributed by atoms with Gasteiger partial charge in [-0.15, -0.1) is 0 Å². The molecule has 0 aliphatic heterocycles. The molecule has 0 atom stereocenters. The number of nitrogens with two attached hydrogens (primary N) is 4. The minimum absolute atomic E-state index is 0.173. The summed E-state index contributed by atoms with van der Waals surface area (Å²) in [7, 11) is -7.84. The molecule has 1 heterocycles. The van der Waals surface area contributed by atoms with E-state index in [0.717, 1.165) is 0 Å². The lowest BCUT2D eigenvalue weighted by Crippen LogP contribution is -2.47. The first-order valence-corrected chi connectivity index (χ1v) is 7.85. The van der Waals surface area contributed by atoms with E-state index in [1.165, 1.54) is 0 Å². The molecule has 0 fully saturated rings. The molecule has 0 spiro atoms. The van der Waals surface area contributed by atoms with Crippen LogP contribution in [0.2, 0.25) is 0 Å². The Hall–Kier alpha value is -0.600. The summed E-state index contributed by atoms with van der Waals surface area (Å²) in [5, 5.41) is -0.616. The van der Waals surface area contributed by atoms with Gasteiger partial charge in [0.25, 0.3) is 13.0 Å². The van der Waals surface area contributed by atoms with Gasteiger partial charge in [0.2, 0.25) is 7.44 Å². The molecule has 0 aliphatic rings. The van der Waals surface area contributed by atoms with Gasteiger partial charge in [0.15, 0.2) is 4.77 Å². The van der Waals surface area contributed by atoms with Crippen molar-refractivity contribution >= 4 is 37.8 Å². The van der Waals surface area contributed by atoms with Crippen LogP contribution >= 0.6 is 27.1 Å². The molecular weight excluding hydrogens is 274 g/mol. The van der Waals surface area contributed by atoms with Gasteiger partial charge in [-0.25, -0.2) is 0 Å². The maximum Gasteiger partial charge on any atom is 0.265 e. The fraction of sp³-hybridized carbons (Fsp3) is 0. The predicted molar refractivity (Wildman–Crippen MR) is 63.5 cm³/mol. The molecule has 0 aliphatic carbocycles. The molecule has 1 aromatic heterocycles. The van der Waals surface area contributed by atoms with Crippen molar-refractivity contribution in [2.45, 2.75) is 0 Å². The first kappa shape index (κ1) is 13.5. The van der Waals surface area contributed by atoms with Crippen LogP contribution in [0.25, 0.3) is 0 Å². The Morgan fingerprint density at radius 2 is 1.50 bits per heavy atom. The Labute approximate surface area is 94.6 Å². The quantitative estimate of drug-likeness (QED) is 0.263. The van der Waals surface area contributed by atoms with Gasteiger partial charge >= 0.3 is 0 Å². The first-order chi connectivity index (χ1) is 7.03. The number of aromatic amines is 2. The number of hydrogen-bond acceptors (Lipinski definition) is 4. The molecule has 0 amide bonds. The largest absolute Gasteiger partial charge is 0.327 e. The minimum Gasteiger partial charge on any atom is -0.327 e. The van der Waals surface area contributed by atoms with Crippen LogP contribution < -0.4 is 38.3 Å². The van der Waals surface area contributed by atoms with Crippen molar-refractivity contribution in [1.82, 2.24) is 9.97 Å². The molecule has 16 heavy (non-hydrogen) atoms. The van der Waals surface area contributed by atoms with Gasteiger partial charge in [0.05, 0.1) is 0 Å². The summed E-state index contributed by atoms with van der Waals surface area (Å²) in [5.74, 6) is 0. The summed E-state index contributed by atoms with van der Waals surface area (Å²) in [6.45, 7) is 0. The van der Waals surface area contributed by atoms with E-state index < -0.39 is 31.2 Å². The van der Waals surface area contributed by atoms with Crippen molar-refractivity contribution in [1.29, 1.82) is 0 Å². The van der Waals surface area contributed by atoms with E-state index in [1.807, 2.05) is 0 Å². The highest BCUT2D eigenvalue weighted by atomic mass is 32.1. The maximum atomic E-state index is 11.5. The summed E-state index contributed by atoms with van der Waals surface area (Å²) in [5.41, 5.74) is 19.2. The zero-order valence-corrected chi connectivity index (χ0v) is 10.4. The van der Waals surface area contributed by atoms with E-state index in [0.29, 0.717) is 0 Å². The van der Waals surface area contributed by atoms with E-state index in [9.17, 15) is 13.9 Å². The van der Waals surface area contributed by atoms with Gasteiger partial charge in [0.1, 0.15) is 10.7 Å². The molecule has 0 aromatic carbocycles. The lowest BCUT2D eigenvalue weighted by Gasteiger charge is -2.13. The predicted octanol–water partition coefficient (Wildman–Crippen LogP) is -2.10. The van der Waals surface area contributed by atoms with Crippen LogP contribution in [0, 0.1) is 4.77 Å². The van der Waals surface area contributed by atoms with Gasteiger partial charge in [-0.2, -0.15) is 0 Å². The fourth-order valence-corrected chi connectivity index (χ4v) is 3.73. The van der Waals surface area contributed by atoms with Gasteiger partial charge < -0.3 is 4.98 Å². The summed E-state index contributed by atoms with van der Waals surface area (Å²) in [6.07, 6.45) is 0. The number of rotatable bonds is 2. The molecule has 12 heteroatoms. The third-order valence-corrected chi connectivity index (χ3v) is 4.14. The first-order valence-electron chi connectivity index (χ1n) is 3.75. The average Bonchev–Trinajstić information content (AvgIpc) is 1.97. The average molecular weight is 284 g/mol. The number of H-pyrrole nitrogens is 2. The van der Waals surface area contributed by atoms with Gasteiger partial charge in [-0.1, -0.05) is 0 Å². The highest BCUT2D eigenvalue weighted by Crippen LogP contribution is 2.28. The van der Waals surface area contributed by atoms with Crippen molar-refractivity contribution < 1.29 is 9.13 Å². The Balaban J connectivity index is 3.87. The van der Waals surface area contributed by atoms with Gasteiger partial charge in [-0.3, -0.25) is 40.9 Å². The second-order valence-electron chi connectivity index (χ2n) is 3.02. The maximum absolute atomic E-state index is 11.5. The van der Waals surface area contributed by atoms with Crippen LogP contribution in [-0.4, -0.2) is 9.97 Å². The van der Waals surface area contributed by atoms with Crippen LogP contribution in [-0.2, 0) is 9.13 Å². The third kappa shape index (κ3) is 2.74. The summed E-state index contributed by atoms with van der Waals surface area (Å²) < 4.78 is 22.8. The standard InChI is InChI=1S/C4H10N6O3P2S/c5-14(6,12)1-2(11)9-4(16)10-3(1)15(7,8)13/h(H4,5,6,12)(H4,7,8,13)(H2,9,10,11,16). The molecule has 9 nitrogen and oxygen atoms in total. The normalized spacial score (nSPS) is 12.8. The van der Waals surface area contributed by atoms with Crippen molar-refractivity contribution in [3.63, 3.8) is 0 Å². The number of hydrogen-bond donors (Lipinski definition) is 6. The molecular formula is C4H10N6O3P2S. The highest BCUT2D eigenvalue weighted by Gasteiger charge is 2.30. The lowest BCUT2D eigenvalue weighted by molar-refractivity contribution is 0.579. The Morgan fingerprint density at radius 1 is 1.00 bits per heavy atom. The summed E-state index contributed by atoms with van der Waals surface area (Å²) in [6, 6.07) is 0. The fourth-order valence-electron chi connectivity index (χ4n) is 1.04. The van der Waals surface area contributed by atoms with Crippen molar-refractivity contribution in [2.24, 2.45) is 22.0 Å². The van der Waals surface area contributed by atoms with Crippen LogP contribution in [0.5, 0.6) is 0 Å². The summed E-state index contributed by atoms with van der Waals surface area (Å²) in [4.78, 5) is 15.8. The van der Waals surface area contributed by atoms with E-state index in [1.54, 1.807) is 0 Å². The lowest BCUT2D eigenvalue weighted by atomic mass is 10.6. The second kappa shape index (κ2) is 4.01. The smallest absolute Gasteiger partial charge is 0.265 e. The van der Waals surface area contributed by atoms with Crippen LogP contribution in [0.1, 0.15) is 0 Å². The highest BCUT2D eigenvalue weighted by molar-refractivity contribution is 7.73. The monoisotopic (exact) mass is 284 g/mol. The van der Waals surface area contributed by atoms with Gasteiger partial charge in [-0.05, 0) is 12.2 Å². The molecule has 90 valence electrons. The molecule has 0 unspecified atom stereocenters. The van der Waals surface area contributed by atoms with Crippen molar-refractivity contribution in [2.75, 3.05) is 0 Å². The third-order valence-electron chi connectivity index (χ3n) is 1.60. The van der Waals surface area contributed by atoms with Crippen LogP contribution in [0.3, 0.4) is 0 Å². The van der Waals surface area contributed by atoms with E-state index in [2.05, 4.69) is 22.2 Å². The Bertz CT molecular complexity index is 621. The number of nitrogens with one attached hydrogen (secondary N) is 2. The molecule has 0 radical (unpaired) electrons. The van der Waals surface area contributed by atoms with Crippen LogP contribution in [0.4, 0.5) is 0 Å². The summed E-state index contributed by atoms with van der Waals surface area (Å²) >= 11 is 4.62. The molecule has 0 saturated heterocycles.